The molecule has 1 amide bonds. The van der Waals surface area contributed by atoms with Crippen molar-refractivity contribution in [2.45, 2.75) is 51.9 Å². The average Bonchev–Trinajstić information content (AvgIpc) is 2.73. The van der Waals surface area contributed by atoms with Crippen LogP contribution in [0.25, 0.3) is 0 Å². The lowest BCUT2D eigenvalue weighted by Crippen LogP contribution is -2.39. The maximum absolute atomic E-state index is 13.0. The van der Waals surface area contributed by atoms with Crippen molar-refractivity contribution in [1.29, 1.82) is 0 Å². The molecule has 158 valence electrons. The van der Waals surface area contributed by atoms with E-state index < -0.39 is 5.97 Å². The molecule has 1 saturated carbocycles. The number of carbonyl (C=O) groups is 2. The summed E-state index contributed by atoms with van der Waals surface area (Å²) in [6.07, 6.45) is 4.55. The van der Waals surface area contributed by atoms with Crippen LogP contribution in [-0.4, -0.2) is 33.5 Å². The van der Waals surface area contributed by atoms with Gasteiger partial charge in [0.2, 0.25) is 0 Å². The highest BCUT2D eigenvalue weighted by molar-refractivity contribution is 6.10. The van der Waals surface area contributed by atoms with Crippen LogP contribution < -0.4 is 10.6 Å². The van der Waals surface area contributed by atoms with Crippen LogP contribution in [0.15, 0.2) is 24.3 Å². The van der Waals surface area contributed by atoms with Gasteiger partial charge in [0.1, 0.15) is 17.2 Å². The highest BCUT2D eigenvalue weighted by atomic mass is 16.4. The van der Waals surface area contributed by atoms with E-state index in [9.17, 15) is 14.7 Å². The van der Waals surface area contributed by atoms with E-state index in [1.165, 1.54) is 5.56 Å². The number of anilines is 2. The topological polar surface area (TPSA) is 109 Å². The summed E-state index contributed by atoms with van der Waals surface area (Å²) < 4.78 is 0. The highest BCUT2D eigenvalue weighted by Crippen LogP contribution is 2.39. The first-order valence-electron chi connectivity index (χ1n) is 10.6. The first-order valence-corrected chi connectivity index (χ1v) is 10.6. The van der Waals surface area contributed by atoms with Gasteiger partial charge < -0.3 is 15.7 Å². The fraction of sp³-hybridized carbons (Fsp3) is 0.478. The van der Waals surface area contributed by atoms with Crippen molar-refractivity contribution in [2.24, 2.45) is 11.8 Å². The summed E-state index contributed by atoms with van der Waals surface area (Å²) in [4.78, 5) is 34.5. The Hall–Kier alpha value is -2.96. The second kappa shape index (κ2) is 8.05. The van der Waals surface area contributed by atoms with Crippen molar-refractivity contribution >= 4 is 23.4 Å². The second-order valence-electron chi connectivity index (χ2n) is 8.51. The number of nitrogens with two attached hydrogens (primary N) is 1. The number of rotatable bonds is 4. The number of aliphatic carboxylic acids is 1. The van der Waals surface area contributed by atoms with Gasteiger partial charge in [-0.2, -0.15) is 0 Å². The molecular formula is C23H28N4O3. The molecule has 2 heterocycles. The van der Waals surface area contributed by atoms with Crippen LogP contribution in [-0.2, 0) is 11.2 Å². The first-order chi connectivity index (χ1) is 14.3. The fourth-order valence-corrected chi connectivity index (χ4v) is 4.85. The molecule has 1 aromatic carbocycles. The SMILES string of the molecule is Cc1nc(N)c2c(n1)CCN(c1ccc([C@H]3CC[C@H](C(C)C(=O)O)CC3)cc1)C2=O. The Morgan fingerprint density at radius 3 is 2.47 bits per heavy atom. The summed E-state index contributed by atoms with van der Waals surface area (Å²) in [5.74, 6) is 0.421. The molecule has 1 aliphatic carbocycles. The van der Waals surface area contributed by atoms with Crippen molar-refractivity contribution in [3.05, 3.63) is 46.9 Å². The smallest absolute Gasteiger partial charge is 0.306 e. The number of nitrogen functional groups attached to an aromatic ring is 1. The van der Waals surface area contributed by atoms with Crippen LogP contribution in [0, 0.1) is 18.8 Å². The Kier molecular flexibility index (Phi) is 5.45. The molecule has 1 fully saturated rings. The lowest BCUT2D eigenvalue weighted by molar-refractivity contribution is -0.143. The normalized spacial score (nSPS) is 22.5. The number of carboxylic acids is 1. The summed E-state index contributed by atoms with van der Waals surface area (Å²) in [5.41, 5.74) is 9.26. The summed E-state index contributed by atoms with van der Waals surface area (Å²) in [6.45, 7) is 4.16. The standard InChI is InChI=1S/C23H28N4O3/c1-13(23(29)30)15-3-5-16(6-4-15)17-7-9-18(10-8-17)27-12-11-19-20(22(27)28)21(24)26-14(2)25-19/h7-10,13,15-16H,3-6,11-12H2,1-2H3,(H,29,30)(H2,24,25,26)/t13?,15-,16-. The highest BCUT2D eigenvalue weighted by Gasteiger charge is 2.31. The van der Waals surface area contributed by atoms with Gasteiger partial charge in [-0.05, 0) is 62.1 Å². The number of benzene rings is 1. The van der Waals surface area contributed by atoms with E-state index in [1.807, 2.05) is 19.1 Å². The van der Waals surface area contributed by atoms with Crippen molar-refractivity contribution in [1.82, 2.24) is 9.97 Å². The van der Waals surface area contributed by atoms with Gasteiger partial charge in [-0.15, -0.1) is 0 Å². The van der Waals surface area contributed by atoms with Gasteiger partial charge in [-0.25, -0.2) is 9.97 Å². The van der Waals surface area contributed by atoms with Gasteiger partial charge in [0.05, 0.1) is 11.6 Å². The third-order valence-corrected chi connectivity index (χ3v) is 6.70. The van der Waals surface area contributed by atoms with Crippen LogP contribution >= 0.6 is 0 Å². The van der Waals surface area contributed by atoms with Crippen LogP contribution in [0.3, 0.4) is 0 Å². The Morgan fingerprint density at radius 2 is 1.83 bits per heavy atom. The van der Waals surface area contributed by atoms with Crippen molar-refractivity contribution in [3.63, 3.8) is 0 Å². The Labute approximate surface area is 176 Å². The summed E-state index contributed by atoms with van der Waals surface area (Å²) in [7, 11) is 0. The van der Waals surface area contributed by atoms with E-state index >= 15 is 0 Å². The van der Waals surface area contributed by atoms with Crippen LogP contribution in [0.1, 0.15) is 66.0 Å². The Balaban J connectivity index is 1.46. The second-order valence-corrected chi connectivity index (χ2v) is 8.51. The lowest BCUT2D eigenvalue weighted by atomic mass is 9.74. The number of carbonyl (C=O) groups excluding carboxylic acids is 1. The van der Waals surface area contributed by atoms with E-state index in [0.29, 0.717) is 30.3 Å². The molecule has 0 bridgehead atoms. The average molecular weight is 409 g/mol. The zero-order valence-electron chi connectivity index (χ0n) is 17.5. The molecule has 0 saturated heterocycles. The number of nitrogens with zero attached hydrogens (tertiary/aromatic N) is 3. The van der Waals surface area contributed by atoms with Crippen molar-refractivity contribution < 1.29 is 14.7 Å². The molecule has 1 aliphatic heterocycles. The molecule has 7 nitrogen and oxygen atoms in total. The minimum absolute atomic E-state index is 0.148. The quantitative estimate of drug-likeness (QED) is 0.800. The molecule has 30 heavy (non-hydrogen) atoms. The van der Waals surface area contributed by atoms with Gasteiger partial charge in [-0.1, -0.05) is 19.1 Å². The monoisotopic (exact) mass is 408 g/mol. The van der Waals surface area contributed by atoms with Crippen molar-refractivity contribution in [2.75, 3.05) is 17.2 Å². The molecule has 1 unspecified atom stereocenters. The third kappa shape index (κ3) is 3.76. The molecule has 2 aliphatic rings. The van der Waals surface area contributed by atoms with E-state index in [-0.39, 0.29) is 23.6 Å². The van der Waals surface area contributed by atoms with E-state index in [2.05, 4.69) is 22.1 Å². The molecule has 1 aromatic heterocycles. The largest absolute Gasteiger partial charge is 0.481 e. The van der Waals surface area contributed by atoms with Gasteiger partial charge in [0.15, 0.2) is 0 Å². The summed E-state index contributed by atoms with van der Waals surface area (Å²) in [6, 6.07) is 8.18. The van der Waals surface area contributed by atoms with E-state index in [0.717, 1.165) is 37.1 Å². The summed E-state index contributed by atoms with van der Waals surface area (Å²) in [5, 5.41) is 9.24. The molecule has 0 radical (unpaired) electrons. The zero-order chi connectivity index (χ0) is 21.4. The minimum atomic E-state index is -0.697. The molecule has 1 atom stereocenters. The van der Waals surface area contributed by atoms with Crippen LogP contribution in [0.5, 0.6) is 0 Å². The van der Waals surface area contributed by atoms with Gasteiger partial charge >= 0.3 is 5.97 Å². The number of aromatic nitrogens is 2. The molecule has 4 rings (SSSR count). The molecule has 7 heteroatoms. The van der Waals surface area contributed by atoms with Gasteiger partial charge in [0, 0.05) is 18.7 Å². The van der Waals surface area contributed by atoms with E-state index in [1.54, 1.807) is 11.8 Å². The number of carboxylic acid groups (broad SMARTS) is 1. The van der Waals surface area contributed by atoms with Crippen LogP contribution in [0.4, 0.5) is 11.5 Å². The van der Waals surface area contributed by atoms with Gasteiger partial charge in [-0.3, -0.25) is 9.59 Å². The van der Waals surface area contributed by atoms with Gasteiger partial charge in [0.25, 0.3) is 5.91 Å². The molecule has 3 N–H and O–H groups in total. The zero-order valence-corrected chi connectivity index (χ0v) is 17.5. The number of hydrogen-bond acceptors (Lipinski definition) is 5. The molecular weight excluding hydrogens is 380 g/mol. The number of amides is 1. The predicted molar refractivity (Wildman–Crippen MR) is 115 cm³/mol. The third-order valence-electron chi connectivity index (χ3n) is 6.70. The predicted octanol–water partition coefficient (Wildman–Crippen LogP) is 3.56. The lowest BCUT2D eigenvalue weighted by Gasteiger charge is -2.31. The molecule has 2 aromatic rings. The van der Waals surface area contributed by atoms with E-state index in [4.69, 9.17) is 5.73 Å². The Morgan fingerprint density at radius 1 is 1.17 bits per heavy atom. The minimum Gasteiger partial charge on any atom is -0.481 e. The number of fused-ring (bicyclic) bond motifs is 1. The van der Waals surface area contributed by atoms with Crippen LogP contribution in [0.2, 0.25) is 0 Å². The first kappa shape index (κ1) is 20.3. The number of aryl methyl sites for hydroxylation is 1. The fourth-order valence-electron chi connectivity index (χ4n) is 4.85. The maximum atomic E-state index is 13.0. The Bertz CT molecular complexity index is 965. The van der Waals surface area contributed by atoms with Crippen molar-refractivity contribution in [3.8, 4) is 0 Å². The molecule has 0 spiro atoms. The maximum Gasteiger partial charge on any atom is 0.306 e. The summed E-state index contributed by atoms with van der Waals surface area (Å²) >= 11 is 0. The number of hydrogen-bond donors (Lipinski definition) is 2.